The maximum absolute atomic E-state index is 13.1. The van der Waals surface area contributed by atoms with Gasteiger partial charge in [0.1, 0.15) is 0 Å². The summed E-state index contributed by atoms with van der Waals surface area (Å²) in [6, 6.07) is 9.77. The second kappa shape index (κ2) is 7.65. The molecule has 0 spiro atoms. The molecule has 0 atom stereocenters. The van der Waals surface area contributed by atoms with E-state index in [-0.39, 0.29) is 5.56 Å². The molecule has 0 unspecified atom stereocenters. The number of benzene rings is 1. The van der Waals surface area contributed by atoms with Crippen molar-refractivity contribution in [3.05, 3.63) is 64.0 Å². The molecule has 7 heteroatoms. The number of aryl methyl sites for hydroxylation is 3. The second-order valence-corrected chi connectivity index (χ2v) is 8.40. The molecule has 0 amide bonds. The zero-order valence-corrected chi connectivity index (χ0v) is 18.0. The van der Waals surface area contributed by atoms with Gasteiger partial charge in [-0.3, -0.25) is 9.78 Å². The second-order valence-electron chi connectivity index (χ2n) is 8.40. The van der Waals surface area contributed by atoms with E-state index in [9.17, 15) is 4.79 Å². The number of fused-ring (bicyclic) bond motifs is 1. The molecule has 4 aromatic rings. The van der Waals surface area contributed by atoms with E-state index < -0.39 is 0 Å². The monoisotopic (exact) mass is 415 g/mol. The summed E-state index contributed by atoms with van der Waals surface area (Å²) in [5.74, 6) is 1.52. The molecule has 1 aromatic carbocycles. The number of nitrogens with one attached hydrogen (secondary N) is 1. The van der Waals surface area contributed by atoms with Gasteiger partial charge in [-0.2, -0.15) is 4.98 Å². The van der Waals surface area contributed by atoms with Crippen LogP contribution in [-0.4, -0.2) is 19.7 Å². The van der Waals surface area contributed by atoms with Crippen molar-refractivity contribution in [2.45, 2.75) is 45.4 Å². The Labute approximate surface area is 180 Å². The molecule has 1 aliphatic carbocycles. The Kier molecular flexibility index (Phi) is 4.81. The summed E-state index contributed by atoms with van der Waals surface area (Å²) >= 11 is 0. The summed E-state index contributed by atoms with van der Waals surface area (Å²) in [5.41, 5.74) is 5.05. The highest BCUT2D eigenvalue weighted by atomic mass is 16.5. The highest BCUT2D eigenvalue weighted by Crippen LogP contribution is 2.34. The Bertz CT molecular complexity index is 1330. The third-order valence-corrected chi connectivity index (χ3v) is 6.17. The number of rotatable bonds is 4. The number of hydrogen-bond donors (Lipinski definition) is 1. The molecule has 31 heavy (non-hydrogen) atoms. The van der Waals surface area contributed by atoms with Crippen LogP contribution in [0.2, 0.25) is 0 Å². The van der Waals surface area contributed by atoms with E-state index in [1.165, 1.54) is 12.8 Å². The normalized spacial score (nSPS) is 14.4. The Morgan fingerprint density at radius 2 is 1.90 bits per heavy atom. The van der Waals surface area contributed by atoms with Gasteiger partial charge in [0.05, 0.1) is 5.52 Å². The fourth-order valence-corrected chi connectivity index (χ4v) is 4.40. The first-order valence-corrected chi connectivity index (χ1v) is 10.7. The Hall–Kier alpha value is -3.48. The highest BCUT2D eigenvalue weighted by molar-refractivity contribution is 5.85. The van der Waals surface area contributed by atoms with E-state index in [1.54, 1.807) is 11.6 Å². The van der Waals surface area contributed by atoms with Gasteiger partial charge in [-0.05, 0) is 67.2 Å². The van der Waals surface area contributed by atoms with Crippen molar-refractivity contribution in [1.82, 2.24) is 19.7 Å². The zero-order chi connectivity index (χ0) is 21.5. The van der Waals surface area contributed by atoms with Crippen LogP contribution in [0, 0.1) is 13.8 Å². The number of anilines is 2. The van der Waals surface area contributed by atoms with Crippen LogP contribution in [-0.2, 0) is 7.05 Å². The predicted molar refractivity (Wildman–Crippen MR) is 121 cm³/mol. The summed E-state index contributed by atoms with van der Waals surface area (Å²) in [4.78, 5) is 22.1. The van der Waals surface area contributed by atoms with Crippen LogP contribution in [0.4, 0.5) is 11.6 Å². The number of aromatic nitrogens is 4. The summed E-state index contributed by atoms with van der Waals surface area (Å²) in [7, 11) is 1.80. The maximum Gasteiger partial charge on any atom is 0.267 e. The van der Waals surface area contributed by atoms with Crippen LogP contribution in [0.25, 0.3) is 22.0 Å². The molecule has 1 aliphatic rings. The fourth-order valence-electron chi connectivity index (χ4n) is 4.40. The van der Waals surface area contributed by atoms with E-state index in [2.05, 4.69) is 20.4 Å². The van der Waals surface area contributed by atoms with Gasteiger partial charge in [0.2, 0.25) is 5.89 Å². The minimum Gasteiger partial charge on any atom is -0.337 e. The molecule has 0 radical (unpaired) electrons. The van der Waals surface area contributed by atoms with Gasteiger partial charge in [-0.1, -0.05) is 18.9 Å². The number of hydrogen-bond acceptors (Lipinski definition) is 6. The third kappa shape index (κ3) is 3.60. The smallest absolute Gasteiger partial charge is 0.267 e. The summed E-state index contributed by atoms with van der Waals surface area (Å²) < 4.78 is 7.15. The topological polar surface area (TPSA) is 85.8 Å². The third-order valence-electron chi connectivity index (χ3n) is 6.17. The predicted octanol–water partition coefficient (Wildman–Crippen LogP) is 5.00. The van der Waals surface area contributed by atoms with Gasteiger partial charge in [0.15, 0.2) is 0 Å². The van der Waals surface area contributed by atoms with Crippen molar-refractivity contribution >= 4 is 22.5 Å². The molecule has 158 valence electrons. The maximum atomic E-state index is 13.1. The van der Waals surface area contributed by atoms with Gasteiger partial charge in [-0.25, -0.2) is 0 Å². The van der Waals surface area contributed by atoms with Gasteiger partial charge >= 0.3 is 0 Å². The van der Waals surface area contributed by atoms with E-state index in [1.807, 2.05) is 50.4 Å². The summed E-state index contributed by atoms with van der Waals surface area (Å²) in [6.45, 7) is 3.93. The van der Waals surface area contributed by atoms with Crippen molar-refractivity contribution in [3.63, 3.8) is 0 Å². The molecule has 3 aromatic heterocycles. The lowest BCUT2D eigenvalue weighted by Gasteiger charge is -2.12. The van der Waals surface area contributed by atoms with Gasteiger partial charge < -0.3 is 14.4 Å². The van der Waals surface area contributed by atoms with Crippen LogP contribution in [0.3, 0.4) is 0 Å². The van der Waals surface area contributed by atoms with Crippen molar-refractivity contribution in [1.29, 1.82) is 0 Å². The SMILES string of the molecule is Cc1cc2c(cn1)cc(-c1cc(Nc3noc(C4CCCC4)n3)ccc1C)c(=O)n2C. The van der Waals surface area contributed by atoms with Crippen LogP contribution in [0.5, 0.6) is 0 Å². The fraction of sp³-hybridized carbons (Fsp3) is 0.333. The Morgan fingerprint density at radius 3 is 2.71 bits per heavy atom. The summed E-state index contributed by atoms with van der Waals surface area (Å²) in [5, 5.41) is 8.25. The van der Waals surface area contributed by atoms with Crippen molar-refractivity contribution < 1.29 is 4.52 Å². The minimum absolute atomic E-state index is 0.0403. The highest BCUT2D eigenvalue weighted by Gasteiger charge is 2.23. The van der Waals surface area contributed by atoms with Gasteiger partial charge in [0.25, 0.3) is 11.5 Å². The lowest BCUT2D eigenvalue weighted by Crippen LogP contribution is -2.19. The molecule has 0 aliphatic heterocycles. The number of pyridine rings is 2. The molecular formula is C24H25N5O2. The zero-order valence-electron chi connectivity index (χ0n) is 18.0. The lowest BCUT2D eigenvalue weighted by atomic mass is 9.99. The van der Waals surface area contributed by atoms with Crippen LogP contribution < -0.4 is 10.9 Å². The van der Waals surface area contributed by atoms with Crippen LogP contribution in [0.1, 0.15) is 48.7 Å². The lowest BCUT2D eigenvalue weighted by molar-refractivity contribution is 0.355. The van der Waals surface area contributed by atoms with E-state index in [0.717, 1.165) is 46.3 Å². The molecule has 0 saturated heterocycles. The molecule has 7 nitrogen and oxygen atoms in total. The largest absolute Gasteiger partial charge is 0.337 e. The quantitative estimate of drug-likeness (QED) is 0.505. The number of nitrogens with zero attached hydrogens (tertiary/aromatic N) is 4. The average molecular weight is 415 g/mol. The first-order chi connectivity index (χ1) is 15.0. The van der Waals surface area contributed by atoms with E-state index >= 15 is 0 Å². The molecule has 1 fully saturated rings. The Morgan fingerprint density at radius 1 is 1.10 bits per heavy atom. The van der Waals surface area contributed by atoms with Crippen LogP contribution in [0.15, 0.2) is 45.8 Å². The van der Waals surface area contributed by atoms with Crippen molar-refractivity contribution in [2.24, 2.45) is 7.05 Å². The van der Waals surface area contributed by atoms with Gasteiger partial charge in [0, 0.05) is 41.5 Å². The molecule has 1 saturated carbocycles. The van der Waals surface area contributed by atoms with Gasteiger partial charge in [-0.15, -0.1) is 0 Å². The molecule has 1 N–H and O–H groups in total. The Balaban J connectivity index is 1.51. The minimum atomic E-state index is -0.0403. The summed E-state index contributed by atoms with van der Waals surface area (Å²) in [6.07, 6.45) is 6.46. The average Bonchev–Trinajstić information content (AvgIpc) is 3.45. The van der Waals surface area contributed by atoms with Crippen molar-refractivity contribution in [3.8, 4) is 11.1 Å². The van der Waals surface area contributed by atoms with Crippen molar-refractivity contribution in [2.75, 3.05) is 5.32 Å². The molecule has 3 heterocycles. The van der Waals surface area contributed by atoms with Crippen LogP contribution >= 0.6 is 0 Å². The van der Waals surface area contributed by atoms with E-state index in [0.29, 0.717) is 23.3 Å². The first kappa shape index (κ1) is 19.5. The molecular weight excluding hydrogens is 390 g/mol. The standard InChI is InChI=1S/C24H25N5O2/c1-14-8-9-18(26-24-27-22(31-28-24)16-6-4-5-7-16)12-19(14)20-11-17-13-25-15(2)10-21(17)29(3)23(20)30/h8-13,16H,4-7H2,1-3H3,(H,26,28). The molecule has 5 rings (SSSR count). The van der Waals surface area contributed by atoms with E-state index in [4.69, 9.17) is 4.52 Å². The molecule has 0 bridgehead atoms. The first-order valence-electron chi connectivity index (χ1n) is 10.7.